The molecule has 0 heterocycles. The van der Waals surface area contributed by atoms with Crippen molar-refractivity contribution >= 4 is 23.5 Å². The van der Waals surface area contributed by atoms with Crippen LogP contribution >= 0.6 is 11.6 Å². The molecule has 0 radical (unpaired) electrons. The van der Waals surface area contributed by atoms with E-state index in [1.54, 1.807) is 19.0 Å². The van der Waals surface area contributed by atoms with Crippen LogP contribution in [0.3, 0.4) is 0 Å². The molecule has 0 aliphatic rings. The molecule has 0 fully saturated rings. The van der Waals surface area contributed by atoms with Crippen molar-refractivity contribution in [1.82, 2.24) is 15.5 Å². The number of amides is 1. The van der Waals surface area contributed by atoms with Crippen LogP contribution in [0.2, 0.25) is 5.02 Å². The van der Waals surface area contributed by atoms with Gasteiger partial charge in [0.2, 0.25) is 0 Å². The maximum Gasteiger partial charge on any atom is 0.253 e. The predicted molar refractivity (Wildman–Crippen MR) is 117 cm³/mol. The lowest BCUT2D eigenvalue weighted by molar-refractivity contribution is 0.0827. The molecule has 0 saturated carbocycles. The molecule has 0 aliphatic heterocycles. The number of carbonyl (C=O) groups excluding carboxylic acids is 1. The average Bonchev–Trinajstić information content (AvgIpc) is 2.69. The van der Waals surface area contributed by atoms with E-state index >= 15 is 0 Å². The number of guanidine groups is 1. The first-order valence-corrected chi connectivity index (χ1v) is 9.94. The molecule has 0 atom stereocenters. The van der Waals surface area contributed by atoms with E-state index in [9.17, 15) is 4.79 Å². The number of hydrogen-bond donors (Lipinski definition) is 2. The second kappa shape index (κ2) is 11.3. The van der Waals surface area contributed by atoms with Gasteiger partial charge in [-0.05, 0) is 55.2 Å². The van der Waals surface area contributed by atoms with Crippen molar-refractivity contribution in [3.05, 3.63) is 70.2 Å². The zero-order valence-corrected chi connectivity index (χ0v) is 17.6. The molecular formula is C22H29ClN4O. The summed E-state index contributed by atoms with van der Waals surface area (Å²) >= 11 is 5.92. The Bertz CT molecular complexity index is 787. The Balaban J connectivity index is 1.86. The maximum absolute atomic E-state index is 12.1. The third-order valence-electron chi connectivity index (χ3n) is 4.21. The number of hydrogen-bond acceptors (Lipinski definition) is 2. The minimum Gasteiger partial charge on any atom is -0.357 e. The molecule has 0 saturated heterocycles. The van der Waals surface area contributed by atoms with E-state index in [4.69, 9.17) is 11.6 Å². The van der Waals surface area contributed by atoms with Gasteiger partial charge < -0.3 is 15.5 Å². The number of halogens is 1. The summed E-state index contributed by atoms with van der Waals surface area (Å²) in [4.78, 5) is 18.3. The van der Waals surface area contributed by atoms with Gasteiger partial charge in [0.05, 0.1) is 0 Å². The molecule has 1 amide bonds. The molecule has 0 aliphatic carbocycles. The topological polar surface area (TPSA) is 56.7 Å². The molecule has 0 bridgehead atoms. The summed E-state index contributed by atoms with van der Waals surface area (Å²) in [5.74, 6) is 0.823. The van der Waals surface area contributed by atoms with Crippen molar-refractivity contribution in [1.29, 1.82) is 0 Å². The second-order valence-corrected chi connectivity index (χ2v) is 7.15. The smallest absolute Gasteiger partial charge is 0.253 e. The van der Waals surface area contributed by atoms with Crippen LogP contribution in [0.5, 0.6) is 0 Å². The monoisotopic (exact) mass is 400 g/mol. The first-order chi connectivity index (χ1) is 13.5. The van der Waals surface area contributed by atoms with Gasteiger partial charge >= 0.3 is 0 Å². The molecule has 0 aromatic heterocycles. The maximum atomic E-state index is 12.1. The summed E-state index contributed by atoms with van der Waals surface area (Å²) in [6, 6.07) is 15.6. The molecular weight excluding hydrogens is 372 g/mol. The van der Waals surface area contributed by atoms with E-state index < -0.39 is 0 Å². The Kier molecular flexibility index (Phi) is 8.82. The third-order valence-corrected chi connectivity index (χ3v) is 4.47. The third kappa shape index (κ3) is 7.24. The molecule has 6 heteroatoms. The van der Waals surface area contributed by atoms with Gasteiger partial charge in [-0.1, -0.05) is 35.9 Å². The number of nitrogens with one attached hydrogen (secondary N) is 2. The average molecular weight is 401 g/mol. The highest BCUT2D eigenvalue weighted by Gasteiger charge is 2.08. The van der Waals surface area contributed by atoms with Crippen molar-refractivity contribution in [2.24, 2.45) is 4.99 Å². The van der Waals surface area contributed by atoms with Crippen LogP contribution in [0.1, 0.15) is 28.4 Å². The van der Waals surface area contributed by atoms with Crippen LogP contribution in [0, 0.1) is 0 Å². The fourth-order valence-corrected chi connectivity index (χ4v) is 2.86. The highest BCUT2D eigenvalue weighted by molar-refractivity contribution is 6.30. The van der Waals surface area contributed by atoms with E-state index in [0.717, 1.165) is 42.5 Å². The van der Waals surface area contributed by atoms with E-state index in [1.165, 1.54) is 5.56 Å². The van der Waals surface area contributed by atoms with Gasteiger partial charge in [-0.25, -0.2) is 0 Å². The van der Waals surface area contributed by atoms with Crippen LogP contribution in [-0.2, 0) is 12.8 Å². The Morgan fingerprint density at radius 3 is 2.46 bits per heavy atom. The zero-order valence-electron chi connectivity index (χ0n) is 16.8. The summed E-state index contributed by atoms with van der Waals surface area (Å²) in [5, 5.41) is 7.37. The quantitative estimate of drug-likeness (QED) is 0.527. The fraction of sp³-hybridized carbons (Fsp3) is 0.364. The number of aliphatic imine (C=N–C) groups is 1. The fourth-order valence-electron chi connectivity index (χ4n) is 2.73. The normalized spacial score (nSPS) is 11.2. The molecule has 2 aromatic rings. The Hall–Kier alpha value is -2.53. The summed E-state index contributed by atoms with van der Waals surface area (Å²) in [5.41, 5.74) is 3.05. The molecule has 5 nitrogen and oxygen atoms in total. The van der Waals surface area contributed by atoms with Crippen LogP contribution < -0.4 is 10.6 Å². The van der Waals surface area contributed by atoms with E-state index in [0.29, 0.717) is 12.1 Å². The van der Waals surface area contributed by atoms with Gasteiger partial charge in [-0.2, -0.15) is 0 Å². The highest BCUT2D eigenvalue weighted by atomic mass is 35.5. The first kappa shape index (κ1) is 21.8. The van der Waals surface area contributed by atoms with Gasteiger partial charge in [0.15, 0.2) is 5.96 Å². The van der Waals surface area contributed by atoms with Crippen molar-refractivity contribution in [2.75, 3.05) is 33.7 Å². The van der Waals surface area contributed by atoms with Crippen molar-refractivity contribution in [3.63, 3.8) is 0 Å². The van der Waals surface area contributed by atoms with Crippen molar-refractivity contribution in [2.45, 2.75) is 19.8 Å². The largest absolute Gasteiger partial charge is 0.357 e. The summed E-state index contributed by atoms with van der Waals surface area (Å²) < 4.78 is 0. The van der Waals surface area contributed by atoms with Gasteiger partial charge in [-0.15, -0.1) is 0 Å². The first-order valence-electron chi connectivity index (χ1n) is 9.57. The molecule has 2 aromatic carbocycles. The number of rotatable bonds is 8. The summed E-state index contributed by atoms with van der Waals surface area (Å²) in [6.45, 7) is 4.29. The molecule has 2 rings (SSSR count). The van der Waals surface area contributed by atoms with Crippen molar-refractivity contribution in [3.8, 4) is 0 Å². The second-order valence-electron chi connectivity index (χ2n) is 6.71. The van der Waals surface area contributed by atoms with E-state index in [-0.39, 0.29) is 5.91 Å². The Morgan fingerprint density at radius 2 is 1.79 bits per heavy atom. The van der Waals surface area contributed by atoms with Crippen LogP contribution in [0.15, 0.2) is 53.5 Å². The van der Waals surface area contributed by atoms with Crippen LogP contribution in [0.4, 0.5) is 0 Å². The number of nitrogens with zero attached hydrogens (tertiary/aromatic N) is 2. The molecule has 0 unspecified atom stereocenters. The van der Waals surface area contributed by atoms with Gasteiger partial charge in [0, 0.05) is 44.3 Å². The lowest BCUT2D eigenvalue weighted by Gasteiger charge is -2.13. The Labute approximate surface area is 172 Å². The van der Waals surface area contributed by atoms with E-state index in [2.05, 4.69) is 15.6 Å². The summed E-state index contributed by atoms with van der Waals surface area (Å²) in [7, 11) is 3.53. The number of benzene rings is 2. The lowest BCUT2D eigenvalue weighted by atomic mass is 10.1. The zero-order chi connectivity index (χ0) is 20.4. The Morgan fingerprint density at radius 1 is 1.04 bits per heavy atom. The van der Waals surface area contributed by atoms with Crippen molar-refractivity contribution < 1.29 is 4.79 Å². The molecule has 0 spiro atoms. The molecule has 150 valence electrons. The van der Waals surface area contributed by atoms with Gasteiger partial charge in [0.1, 0.15) is 0 Å². The minimum absolute atomic E-state index is 0.0203. The highest BCUT2D eigenvalue weighted by Crippen LogP contribution is 2.10. The van der Waals surface area contributed by atoms with Crippen LogP contribution in [0.25, 0.3) is 0 Å². The predicted octanol–water partition coefficient (Wildman–Crippen LogP) is 3.38. The lowest BCUT2D eigenvalue weighted by Crippen LogP contribution is -2.38. The molecule has 2 N–H and O–H groups in total. The van der Waals surface area contributed by atoms with Gasteiger partial charge in [-0.3, -0.25) is 9.79 Å². The molecule has 28 heavy (non-hydrogen) atoms. The van der Waals surface area contributed by atoms with Gasteiger partial charge in [0.25, 0.3) is 5.91 Å². The standard InChI is InChI=1S/C22H29ClN4O/c1-4-24-22(25-14-12-17-8-10-20(23)11-9-17)26-15-13-18-6-5-7-19(16-18)21(28)27(2)3/h5-11,16H,4,12-15H2,1-3H3,(H2,24,25,26). The SMILES string of the molecule is CCNC(=NCCc1ccc(Cl)cc1)NCCc1cccc(C(=O)N(C)C)c1. The van der Waals surface area contributed by atoms with E-state index in [1.807, 2.05) is 55.5 Å². The van der Waals surface area contributed by atoms with Crippen LogP contribution in [-0.4, -0.2) is 50.5 Å². The number of carbonyl (C=O) groups is 1. The summed E-state index contributed by atoms with van der Waals surface area (Å²) in [6.07, 6.45) is 1.68. The minimum atomic E-state index is 0.0203.